The molecule has 0 saturated heterocycles. The number of nitrogens with zero attached hydrogens (tertiary/aromatic N) is 1. The number of rotatable bonds is 2. The minimum absolute atomic E-state index is 0.0525. The predicted octanol–water partition coefficient (Wildman–Crippen LogP) is 2.27. The van der Waals surface area contributed by atoms with E-state index in [1.54, 1.807) is 17.0 Å². The van der Waals surface area contributed by atoms with Gasteiger partial charge in [-0.2, -0.15) is 0 Å². The van der Waals surface area contributed by atoms with E-state index in [0.717, 1.165) is 17.3 Å². The third-order valence-electron chi connectivity index (χ3n) is 2.66. The molecule has 1 amide bonds. The first kappa shape index (κ1) is 10.5. The molecule has 1 aromatic rings. The summed E-state index contributed by atoms with van der Waals surface area (Å²) >= 11 is 3.31. The molecule has 2 N–H and O–H groups in total. The van der Waals surface area contributed by atoms with Gasteiger partial charge in [0.2, 0.25) is 0 Å². The third kappa shape index (κ3) is 2.15. The molecule has 15 heavy (non-hydrogen) atoms. The standard InChI is InChI=1S/C11H13BrN2O/c1-14(8-3-4-8)11(15)7-2-5-9(12)10(13)6-7/h2,5-6,8H,3-4,13H2,1H3. The molecule has 1 fully saturated rings. The lowest BCUT2D eigenvalue weighted by Crippen LogP contribution is -2.28. The second-order valence-electron chi connectivity index (χ2n) is 3.88. The lowest BCUT2D eigenvalue weighted by Gasteiger charge is -2.16. The number of hydrogen-bond acceptors (Lipinski definition) is 2. The quantitative estimate of drug-likeness (QED) is 0.837. The van der Waals surface area contributed by atoms with Crippen molar-refractivity contribution in [2.24, 2.45) is 0 Å². The van der Waals surface area contributed by atoms with Crippen LogP contribution in [0.25, 0.3) is 0 Å². The summed E-state index contributed by atoms with van der Waals surface area (Å²) in [7, 11) is 1.85. The summed E-state index contributed by atoms with van der Waals surface area (Å²) in [5.41, 5.74) is 6.99. The van der Waals surface area contributed by atoms with Gasteiger partial charge in [-0.1, -0.05) is 0 Å². The average Bonchev–Trinajstić information content (AvgIpc) is 3.03. The number of nitrogen functional groups attached to an aromatic ring is 1. The van der Waals surface area contributed by atoms with Gasteiger partial charge < -0.3 is 10.6 Å². The Bertz CT molecular complexity index is 402. The van der Waals surface area contributed by atoms with E-state index in [4.69, 9.17) is 5.73 Å². The summed E-state index contributed by atoms with van der Waals surface area (Å²) in [5.74, 6) is 0.0525. The fraction of sp³-hybridized carbons (Fsp3) is 0.364. The van der Waals surface area contributed by atoms with Crippen molar-refractivity contribution >= 4 is 27.5 Å². The van der Waals surface area contributed by atoms with Crippen molar-refractivity contribution in [2.45, 2.75) is 18.9 Å². The van der Waals surface area contributed by atoms with E-state index in [2.05, 4.69) is 15.9 Å². The van der Waals surface area contributed by atoms with Gasteiger partial charge in [-0.05, 0) is 47.0 Å². The van der Waals surface area contributed by atoms with Gasteiger partial charge in [0.15, 0.2) is 0 Å². The highest BCUT2D eigenvalue weighted by atomic mass is 79.9. The Morgan fingerprint density at radius 3 is 2.73 bits per heavy atom. The van der Waals surface area contributed by atoms with Crippen molar-refractivity contribution in [3.8, 4) is 0 Å². The van der Waals surface area contributed by atoms with Gasteiger partial charge in [-0.25, -0.2) is 0 Å². The first-order chi connectivity index (χ1) is 7.09. The lowest BCUT2D eigenvalue weighted by atomic mass is 10.2. The van der Waals surface area contributed by atoms with Gasteiger partial charge in [0.05, 0.1) is 0 Å². The van der Waals surface area contributed by atoms with Crippen LogP contribution in [0, 0.1) is 0 Å². The van der Waals surface area contributed by atoms with E-state index < -0.39 is 0 Å². The summed E-state index contributed by atoms with van der Waals surface area (Å²) in [5, 5.41) is 0. The predicted molar refractivity (Wildman–Crippen MR) is 63.7 cm³/mol. The monoisotopic (exact) mass is 268 g/mol. The number of hydrogen-bond donors (Lipinski definition) is 1. The van der Waals surface area contributed by atoms with Crippen molar-refractivity contribution in [3.63, 3.8) is 0 Å². The van der Waals surface area contributed by atoms with Crippen LogP contribution in [0.1, 0.15) is 23.2 Å². The second-order valence-corrected chi connectivity index (χ2v) is 4.74. The van der Waals surface area contributed by atoms with Crippen LogP contribution in [-0.2, 0) is 0 Å². The van der Waals surface area contributed by atoms with Gasteiger partial charge in [-0.3, -0.25) is 4.79 Å². The maximum Gasteiger partial charge on any atom is 0.253 e. The van der Waals surface area contributed by atoms with Crippen LogP contribution in [0.5, 0.6) is 0 Å². The van der Waals surface area contributed by atoms with Crippen molar-refractivity contribution in [2.75, 3.05) is 12.8 Å². The number of amides is 1. The second kappa shape index (κ2) is 3.85. The molecule has 1 aromatic carbocycles. The highest BCUT2D eigenvalue weighted by molar-refractivity contribution is 9.10. The number of benzene rings is 1. The smallest absolute Gasteiger partial charge is 0.253 e. The molecule has 1 aliphatic carbocycles. The largest absolute Gasteiger partial charge is 0.398 e. The van der Waals surface area contributed by atoms with Crippen molar-refractivity contribution in [3.05, 3.63) is 28.2 Å². The van der Waals surface area contributed by atoms with Crippen molar-refractivity contribution in [1.29, 1.82) is 0 Å². The topological polar surface area (TPSA) is 46.3 Å². The van der Waals surface area contributed by atoms with Gasteiger partial charge in [0.25, 0.3) is 5.91 Å². The third-order valence-corrected chi connectivity index (χ3v) is 3.38. The Hall–Kier alpha value is -1.03. The summed E-state index contributed by atoms with van der Waals surface area (Å²) < 4.78 is 0.827. The van der Waals surface area contributed by atoms with Crippen LogP contribution >= 0.6 is 15.9 Å². The molecule has 0 unspecified atom stereocenters. The minimum atomic E-state index is 0.0525. The first-order valence-corrected chi connectivity index (χ1v) is 5.71. The van der Waals surface area contributed by atoms with Crippen LogP contribution < -0.4 is 5.73 Å². The Labute approximate surface area is 97.4 Å². The molecule has 0 bridgehead atoms. The summed E-state index contributed by atoms with van der Waals surface area (Å²) in [6.45, 7) is 0. The van der Waals surface area contributed by atoms with E-state index >= 15 is 0 Å². The van der Waals surface area contributed by atoms with Crippen LogP contribution in [0.3, 0.4) is 0 Å². The van der Waals surface area contributed by atoms with E-state index in [9.17, 15) is 4.79 Å². The molecular formula is C11H13BrN2O. The zero-order valence-electron chi connectivity index (χ0n) is 8.53. The average molecular weight is 269 g/mol. The van der Waals surface area contributed by atoms with E-state index in [1.165, 1.54) is 0 Å². The molecule has 80 valence electrons. The lowest BCUT2D eigenvalue weighted by molar-refractivity contribution is 0.0785. The minimum Gasteiger partial charge on any atom is -0.398 e. The maximum absolute atomic E-state index is 11.9. The number of nitrogens with two attached hydrogens (primary N) is 1. The summed E-state index contributed by atoms with van der Waals surface area (Å²) in [4.78, 5) is 13.7. The number of halogens is 1. The molecule has 1 saturated carbocycles. The Balaban J connectivity index is 2.21. The van der Waals surface area contributed by atoms with Gasteiger partial charge in [0.1, 0.15) is 0 Å². The van der Waals surface area contributed by atoms with Crippen LogP contribution in [-0.4, -0.2) is 23.9 Å². The fourth-order valence-electron chi connectivity index (χ4n) is 1.51. The first-order valence-electron chi connectivity index (χ1n) is 4.92. The highest BCUT2D eigenvalue weighted by Crippen LogP contribution is 2.28. The number of carbonyl (C=O) groups is 1. The fourth-order valence-corrected chi connectivity index (χ4v) is 1.75. The molecule has 0 radical (unpaired) electrons. The Kier molecular flexibility index (Phi) is 2.69. The summed E-state index contributed by atoms with van der Waals surface area (Å²) in [6.07, 6.45) is 2.24. The molecule has 0 heterocycles. The molecule has 0 atom stereocenters. The van der Waals surface area contributed by atoms with Crippen LogP contribution in [0.4, 0.5) is 5.69 Å². The zero-order valence-corrected chi connectivity index (χ0v) is 10.1. The summed E-state index contributed by atoms with van der Waals surface area (Å²) in [6, 6.07) is 5.75. The molecule has 0 aliphatic heterocycles. The highest BCUT2D eigenvalue weighted by Gasteiger charge is 2.30. The normalized spacial score (nSPS) is 15.1. The van der Waals surface area contributed by atoms with E-state index in [-0.39, 0.29) is 5.91 Å². The Morgan fingerprint density at radius 1 is 1.53 bits per heavy atom. The Morgan fingerprint density at radius 2 is 2.20 bits per heavy atom. The molecule has 0 aromatic heterocycles. The van der Waals surface area contributed by atoms with E-state index in [0.29, 0.717) is 17.3 Å². The molecule has 0 spiro atoms. The zero-order chi connectivity index (χ0) is 11.0. The molecule has 3 nitrogen and oxygen atoms in total. The van der Waals surface area contributed by atoms with Gasteiger partial charge in [-0.15, -0.1) is 0 Å². The van der Waals surface area contributed by atoms with Crippen molar-refractivity contribution in [1.82, 2.24) is 4.90 Å². The van der Waals surface area contributed by atoms with E-state index in [1.807, 2.05) is 13.1 Å². The molecular weight excluding hydrogens is 256 g/mol. The molecule has 2 rings (SSSR count). The van der Waals surface area contributed by atoms with Crippen molar-refractivity contribution < 1.29 is 4.79 Å². The maximum atomic E-state index is 11.9. The van der Waals surface area contributed by atoms with Crippen LogP contribution in [0.15, 0.2) is 22.7 Å². The van der Waals surface area contributed by atoms with Crippen LogP contribution in [0.2, 0.25) is 0 Å². The molecule has 4 heteroatoms. The SMILES string of the molecule is CN(C(=O)c1ccc(Br)c(N)c1)C1CC1. The van der Waals surface area contributed by atoms with Gasteiger partial charge >= 0.3 is 0 Å². The number of carbonyl (C=O) groups excluding carboxylic acids is 1. The van der Waals surface area contributed by atoms with Gasteiger partial charge in [0, 0.05) is 28.8 Å². The number of anilines is 1. The molecule has 1 aliphatic rings.